The molecule has 0 N–H and O–H groups in total. The molecule has 2 aliphatic rings. The third-order valence-corrected chi connectivity index (χ3v) is 7.13. The molecular formula is C17H29N3O2S. The molecule has 130 valence electrons. The molecule has 1 aliphatic heterocycles. The molecule has 1 unspecified atom stereocenters. The second kappa shape index (κ2) is 6.93. The highest BCUT2D eigenvalue weighted by Crippen LogP contribution is 2.32. The van der Waals surface area contributed by atoms with Crippen LogP contribution in [0.25, 0.3) is 0 Å². The van der Waals surface area contributed by atoms with Crippen molar-refractivity contribution in [1.29, 1.82) is 0 Å². The van der Waals surface area contributed by atoms with E-state index < -0.39 is 10.0 Å². The van der Waals surface area contributed by atoms with Crippen molar-refractivity contribution in [3.8, 4) is 0 Å². The van der Waals surface area contributed by atoms with Crippen LogP contribution in [0.3, 0.4) is 0 Å². The number of hydrogen-bond acceptors (Lipinski definition) is 3. The van der Waals surface area contributed by atoms with E-state index in [1.54, 1.807) is 4.31 Å². The topological polar surface area (TPSA) is 55.2 Å². The maximum atomic E-state index is 12.3. The predicted octanol–water partition coefficient (Wildman–Crippen LogP) is 2.60. The minimum absolute atomic E-state index is 0.273. The van der Waals surface area contributed by atoms with Gasteiger partial charge >= 0.3 is 0 Å². The SMILES string of the molecule is CCCS(=O)(=O)N1CCCC(Cc2ncc(C)n2CC2CC2)C1. The van der Waals surface area contributed by atoms with E-state index in [0.717, 1.165) is 37.5 Å². The fraction of sp³-hybridized carbons (Fsp3) is 0.824. The van der Waals surface area contributed by atoms with E-state index in [1.165, 1.54) is 18.5 Å². The van der Waals surface area contributed by atoms with Gasteiger partial charge < -0.3 is 4.57 Å². The van der Waals surface area contributed by atoms with E-state index in [1.807, 2.05) is 13.1 Å². The van der Waals surface area contributed by atoms with E-state index >= 15 is 0 Å². The van der Waals surface area contributed by atoms with Crippen molar-refractivity contribution in [3.63, 3.8) is 0 Å². The summed E-state index contributed by atoms with van der Waals surface area (Å²) < 4.78 is 28.7. The summed E-state index contributed by atoms with van der Waals surface area (Å²) in [6.45, 7) is 6.49. The molecule has 1 aromatic rings. The van der Waals surface area contributed by atoms with E-state index in [-0.39, 0.29) is 5.75 Å². The van der Waals surface area contributed by atoms with Gasteiger partial charge in [0.25, 0.3) is 0 Å². The number of piperidine rings is 1. The Balaban J connectivity index is 1.66. The molecule has 2 heterocycles. The molecule has 0 radical (unpaired) electrons. The lowest BCUT2D eigenvalue weighted by Crippen LogP contribution is -2.41. The Kier molecular flexibility index (Phi) is 5.11. The zero-order valence-corrected chi connectivity index (χ0v) is 15.2. The summed E-state index contributed by atoms with van der Waals surface area (Å²) in [6.07, 6.45) is 8.30. The van der Waals surface area contributed by atoms with Crippen LogP contribution < -0.4 is 0 Å². The van der Waals surface area contributed by atoms with Crippen LogP contribution in [0.4, 0.5) is 0 Å². The summed E-state index contributed by atoms with van der Waals surface area (Å²) >= 11 is 0. The van der Waals surface area contributed by atoms with Gasteiger partial charge in [0.1, 0.15) is 5.82 Å². The minimum Gasteiger partial charge on any atom is -0.332 e. The third-order valence-electron chi connectivity index (χ3n) is 5.08. The summed E-state index contributed by atoms with van der Waals surface area (Å²) in [5, 5.41) is 0. The van der Waals surface area contributed by atoms with Gasteiger partial charge in [-0.3, -0.25) is 0 Å². The fourth-order valence-electron chi connectivity index (χ4n) is 3.57. The van der Waals surface area contributed by atoms with Gasteiger partial charge in [-0.25, -0.2) is 17.7 Å². The molecule has 0 spiro atoms. The van der Waals surface area contributed by atoms with Gasteiger partial charge in [-0.15, -0.1) is 0 Å². The molecule has 1 saturated carbocycles. The summed E-state index contributed by atoms with van der Waals surface area (Å²) in [7, 11) is -3.07. The zero-order chi connectivity index (χ0) is 16.4. The standard InChI is InChI=1S/C17H29N3O2S/c1-3-9-23(21,22)19-8-4-5-16(12-19)10-17-18-11-14(2)20(17)13-15-6-7-15/h11,15-16H,3-10,12-13H2,1-2H3. The predicted molar refractivity (Wildman–Crippen MR) is 91.8 cm³/mol. The lowest BCUT2D eigenvalue weighted by molar-refractivity contribution is 0.261. The largest absolute Gasteiger partial charge is 0.332 e. The first kappa shape index (κ1) is 17.0. The van der Waals surface area contributed by atoms with E-state index in [9.17, 15) is 8.42 Å². The van der Waals surface area contributed by atoms with E-state index in [2.05, 4.69) is 16.5 Å². The second-order valence-electron chi connectivity index (χ2n) is 7.26. The minimum atomic E-state index is -3.07. The highest BCUT2D eigenvalue weighted by atomic mass is 32.2. The molecule has 1 aliphatic carbocycles. The molecular weight excluding hydrogens is 310 g/mol. The first-order chi connectivity index (χ1) is 11.0. The van der Waals surface area contributed by atoms with Gasteiger partial charge in [0.05, 0.1) is 5.75 Å². The van der Waals surface area contributed by atoms with Gasteiger partial charge in [-0.2, -0.15) is 0 Å². The van der Waals surface area contributed by atoms with Crippen molar-refractivity contribution in [2.75, 3.05) is 18.8 Å². The number of nitrogens with zero attached hydrogens (tertiary/aromatic N) is 3. The Labute approximate surface area is 140 Å². The van der Waals surface area contributed by atoms with Gasteiger partial charge in [-0.05, 0) is 50.9 Å². The van der Waals surface area contributed by atoms with Crippen LogP contribution in [-0.4, -0.2) is 41.1 Å². The van der Waals surface area contributed by atoms with Crippen molar-refractivity contribution < 1.29 is 8.42 Å². The Morgan fingerprint density at radius 3 is 2.74 bits per heavy atom. The normalized spacial score (nSPS) is 23.3. The van der Waals surface area contributed by atoms with Crippen LogP contribution in [0.15, 0.2) is 6.20 Å². The molecule has 1 saturated heterocycles. The molecule has 3 rings (SSSR count). The molecule has 0 amide bonds. The number of rotatable bonds is 7. The fourth-order valence-corrected chi connectivity index (χ4v) is 5.19. The van der Waals surface area contributed by atoms with Crippen LogP contribution in [0.1, 0.15) is 50.5 Å². The van der Waals surface area contributed by atoms with Crippen LogP contribution in [0.5, 0.6) is 0 Å². The monoisotopic (exact) mass is 339 g/mol. The molecule has 5 nitrogen and oxygen atoms in total. The molecule has 0 aromatic carbocycles. The summed E-state index contributed by atoms with van der Waals surface area (Å²) in [6, 6.07) is 0. The van der Waals surface area contributed by atoms with Crippen molar-refractivity contribution in [2.45, 2.75) is 58.9 Å². The summed E-state index contributed by atoms with van der Waals surface area (Å²) in [4.78, 5) is 4.61. The number of sulfonamides is 1. The van der Waals surface area contributed by atoms with E-state index in [0.29, 0.717) is 25.4 Å². The van der Waals surface area contributed by atoms with Crippen LogP contribution in [0.2, 0.25) is 0 Å². The van der Waals surface area contributed by atoms with Crippen molar-refractivity contribution in [3.05, 3.63) is 17.7 Å². The van der Waals surface area contributed by atoms with Crippen LogP contribution in [-0.2, 0) is 23.0 Å². The second-order valence-corrected chi connectivity index (χ2v) is 9.34. The van der Waals surface area contributed by atoms with Crippen LogP contribution >= 0.6 is 0 Å². The molecule has 23 heavy (non-hydrogen) atoms. The Hall–Kier alpha value is -0.880. The summed E-state index contributed by atoms with van der Waals surface area (Å²) in [5.74, 6) is 2.65. The average Bonchev–Trinajstić information content (AvgIpc) is 3.27. The maximum absolute atomic E-state index is 12.3. The number of aromatic nitrogens is 2. The van der Waals surface area contributed by atoms with Gasteiger partial charge in [0, 0.05) is 37.9 Å². The molecule has 6 heteroatoms. The molecule has 0 bridgehead atoms. The number of hydrogen-bond donors (Lipinski definition) is 0. The molecule has 1 aromatic heterocycles. The lowest BCUT2D eigenvalue weighted by atomic mass is 9.96. The number of aryl methyl sites for hydroxylation is 1. The lowest BCUT2D eigenvalue weighted by Gasteiger charge is -2.32. The van der Waals surface area contributed by atoms with Crippen molar-refractivity contribution in [2.24, 2.45) is 11.8 Å². The van der Waals surface area contributed by atoms with Gasteiger partial charge in [0.2, 0.25) is 10.0 Å². The highest BCUT2D eigenvalue weighted by molar-refractivity contribution is 7.89. The van der Waals surface area contributed by atoms with E-state index in [4.69, 9.17) is 0 Å². The van der Waals surface area contributed by atoms with Crippen LogP contribution in [0, 0.1) is 18.8 Å². The Morgan fingerprint density at radius 1 is 1.26 bits per heavy atom. The molecule has 1 atom stereocenters. The quantitative estimate of drug-likeness (QED) is 0.767. The first-order valence-corrected chi connectivity index (χ1v) is 10.6. The van der Waals surface area contributed by atoms with Crippen molar-refractivity contribution in [1.82, 2.24) is 13.9 Å². The maximum Gasteiger partial charge on any atom is 0.214 e. The van der Waals surface area contributed by atoms with Gasteiger partial charge in [-0.1, -0.05) is 6.92 Å². The van der Waals surface area contributed by atoms with Crippen molar-refractivity contribution >= 4 is 10.0 Å². The molecule has 2 fully saturated rings. The average molecular weight is 340 g/mol. The zero-order valence-electron chi connectivity index (χ0n) is 14.4. The Morgan fingerprint density at radius 2 is 2.04 bits per heavy atom. The summed E-state index contributed by atoms with van der Waals surface area (Å²) in [5.41, 5.74) is 1.23. The van der Waals surface area contributed by atoms with Gasteiger partial charge in [0.15, 0.2) is 0 Å². The third kappa shape index (κ3) is 4.15. The smallest absolute Gasteiger partial charge is 0.214 e. The highest BCUT2D eigenvalue weighted by Gasteiger charge is 2.30. The Bertz CT molecular complexity index is 634. The first-order valence-electron chi connectivity index (χ1n) is 8.98. The number of imidazole rings is 1.